The zero-order chi connectivity index (χ0) is 39.3. The molecule has 0 fully saturated rings. The van der Waals surface area contributed by atoms with Crippen LogP contribution < -0.4 is 9.80 Å². The van der Waals surface area contributed by atoms with Crippen molar-refractivity contribution in [3.8, 4) is 22.3 Å². The van der Waals surface area contributed by atoms with Crippen molar-refractivity contribution >= 4 is 34.1 Å². The maximum atomic E-state index is 2.49. The maximum Gasteiger partial charge on any atom is 0.0490 e. The first-order valence-corrected chi connectivity index (χ1v) is 20.1. The summed E-state index contributed by atoms with van der Waals surface area (Å²) in [6.07, 6.45) is 0. The van der Waals surface area contributed by atoms with E-state index in [2.05, 4.69) is 212 Å². The Morgan fingerprint density at radius 2 is 0.625 bits per heavy atom. The third-order valence-corrected chi connectivity index (χ3v) is 12.9. The number of rotatable bonds is 6. The van der Waals surface area contributed by atoms with E-state index in [-0.39, 0.29) is 10.8 Å². The quantitative estimate of drug-likeness (QED) is 0.168. The predicted molar refractivity (Wildman–Crippen MR) is 239 cm³/mol. The molecule has 56 heavy (non-hydrogen) atoms. The van der Waals surface area contributed by atoms with Crippen LogP contribution in [0.3, 0.4) is 0 Å². The number of hydrogen-bond donors (Lipinski definition) is 0. The minimum Gasteiger partial charge on any atom is -0.310 e. The number of anilines is 6. The van der Waals surface area contributed by atoms with E-state index >= 15 is 0 Å². The van der Waals surface area contributed by atoms with Crippen molar-refractivity contribution in [3.05, 3.63) is 189 Å². The van der Waals surface area contributed by atoms with Gasteiger partial charge in [0.2, 0.25) is 0 Å². The molecule has 0 saturated carbocycles. The molecule has 9 rings (SSSR count). The molecule has 2 aliphatic carbocycles. The highest BCUT2D eigenvalue weighted by atomic mass is 15.2. The van der Waals surface area contributed by atoms with E-state index < -0.39 is 0 Å². The van der Waals surface area contributed by atoms with Gasteiger partial charge < -0.3 is 9.80 Å². The molecule has 0 amide bonds. The molecule has 0 bridgehead atoms. The minimum absolute atomic E-state index is 0.218. The van der Waals surface area contributed by atoms with Gasteiger partial charge in [-0.05, 0) is 168 Å². The second kappa shape index (κ2) is 12.8. The summed E-state index contributed by atoms with van der Waals surface area (Å²) in [5, 5.41) is 0. The Morgan fingerprint density at radius 1 is 0.339 bits per heavy atom. The Kier molecular flexibility index (Phi) is 8.22. The number of aryl methyl sites for hydroxylation is 6. The van der Waals surface area contributed by atoms with Gasteiger partial charge in [0.05, 0.1) is 0 Å². The molecule has 0 heterocycles. The van der Waals surface area contributed by atoms with Gasteiger partial charge in [-0.15, -0.1) is 0 Å². The summed E-state index contributed by atoms with van der Waals surface area (Å²) in [4.78, 5) is 4.95. The molecule has 0 N–H and O–H groups in total. The zero-order valence-electron chi connectivity index (χ0n) is 34.6. The van der Waals surface area contributed by atoms with Crippen molar-refractivity contribution in [2.75, 3.05) is 9.80 Å². The first kappa shape index (κ1) is 35.8. The maximum absolute atomic E-state index is 2.49. The highest BCUT2D eigenvalue weighted by Crippen LogP contribution is 2.61. The van der Waals surface area contributed by atoms with E-state index in [1.54, 1.807) is 0 Å². The predicted octanol–water partition coefficient (Wildman–Crippen LogP) is 15.1. The smallest absolute Gasteiger partial charge is 0.0490 e. The van der Waals surface area contributed by atoms with Crippen molar-refractivity contribution in [1.29, 1.82) is 0 Å². The van der Waals surface area contributed by atoms with Gasteiger partial charge in [-0.3, -0.25) is 0 Å². The van der Waals surface area contributed by atoms with Gasteiger partial charge in [0.15, 0.2) is 0 Å². The molecule has 0 aliphatic heterocycles. The van der Waals surface area contributed by atoms with Gasteiger partial charge >= 0.3 is 0 Å². The number of nitrogens with zero attached hydrogens (tertiary/aromatic N) is 2. The van der Waals surface area contributed by atoms with Crippen molar-refractivity contribution < 1.29 is 0 Å². The second-order valence-electron chi connectivity index (χ2n) is 17.3. The van der Waals surface area contributed by atoms with Crippen LogP contribution in [-0.4, -0.2) is 0 Å². The van der Waals surface area contributed by atoms with Crippen LogP contribution in [0, 0.1) is 41.5 Å². The second-order valence-corrected chi connectivity index (χ2v) is 17.3. The third-order valence-electron chi connectivity index (χ3n) is 12.9. The fraction of sp³-hybridized carbons (Fsp3) is 0.222. The molecule has 7 aromatic carbocycles. The summed E-state index contributed by atoms with van der Waals surface area (Å²) in [7, 11) is 0. The minimum atomic E-state index is -0.218. The third kappa shape index (κ3) is 5.22. The molecule has 0 unspecified atom stereocenters. The number of fused-ring (bicyclic) bond motifs is 7. The first-order chi connectivity index (χ1) is 26.8. The van der Waals surface area contributed by atoms with E-state index in [0.717, 1.165) is 0 Å². The Morgan fingerprint density at radius 3 is 0.911 bits per heavy atom. The highest BCUT2D eigenvalue weighted by molar-refractivity contribution is 5.96. The van der Waals surface area contributed by atoms with Gasteiger partial charge in [-0.2, -0.15) is 0 Å². The fourth-order valence-corrected chi connectivity index (χ4v) is 10.2. The highest BCUT2D eigenvalue weighted by Gasteiger charge is 2.47. The largest absolute Gasteiger partial charge is 0.310 e. The lowest BCUT2D eigenvalue weighted by Gasteiger charge is -2.33. The van der Waals surface area contributed by atoms with Crippen molar-refractivity contribution in [3.63, 3.8) is 0 Å². The molecule has 0 radical (unpaired) electrons. The van der Waals surface area contributed by atoms with Crippen molar-refractivity contribution in [2.45, 2.75) is 80.1 Å². The van der Waals surface area contributed by atoms with Crippen LogP contribution in [0.1, 0.15) is 83.3 Å². The molecular weight excluding hydrogens is 677 g/mol. The lowest BCUT2D eigenvalue weighted by atomic mass is 9.72. The van der Waals surface area contributed by atoms with Crippen LogP contribution in [-0.2, 0) is 10.8 Å². The zero-order valence-corrected chi connectivity index (χ0v) is 34.6. The topological polar surface area (TPSA) is 6.48 Å². The van der Waals surface area contributed by atoms with Crippen LogP contribution in [0.5, 0.6) is 0 Å². The van der Waals surface area contributed by atoms with Gasteiger partial charge in [-0.1, -0.05) is 113 Å². The van der Waals surface area contributed by atoms with E-state index in [1.165, 1.54) is 112 Å². The van der Waals surface area contributed by atoms with E-state index in [0.29, 0.717) is 0 Å². The molecule has 0 saturated heterocycles. The van der Waals surface area contributed by atoms with Crippen LogP contribution in [0.25, 0.3) is 22.3 Å². The summed E-state index contributed by atoms with van der Waals surface area (Å²) in [6, 6.07) is 49.8. The summed E-state index contributed by atoms with van der Waals surface area (Å²) >= 11 is 0. The normalized spacial score (nSPS) is 14.2. The van der Waals surface area contributed by atoms with E-state index in [9.17, 15) is 0 Å². The number of benzene rings is 7. The summed E-state index contributed by atoms with van der Waals surface area (Å²) in [5.74, 6) is 0. The summed E-state index contributed by atoms with van der Waals surface area (Å²) in [5.41, 5.74) is 25.8. The Balaban J connectivity index is 1.22. The molecule has 2 aliphatic rings. The summed E-state index contributed by atoms with van der Waals surface area (Å²) in [6.45, 7) is 23.4. The molecular formula is C54H52N2. The van der Waals surface area contributed by atoms with Crippen LogP contribution in [0.2, 0.25) is 0 Å². The van der Waals surface area contributed by atoms with Crippen LogP contribution >= 0.6 is 0 Å². The van der Waals surface area contributed by atoms with Gasteiger partial charge in [-0.25, -0.2) is 0 Å². The van der Waals surface area contributed by atoms with Gasteiger partial charge in [0.25, 0.3) is 0 Å². The van der Waals surface area contributed by atoms with Crippen molar-refractivity contribution in [2.24, 2.45) is 0 Å². The Hall–Kier alpha value is -5.86. The molecule has 7 aromatic rings. The lowest BCUT2D eigenvalue weighted by molar-refractivity contribution is 0.601. The number of para-hydroxylation sites is 4. The molecule has 278 valence electrons. The van der Waals surface area contributed by atoms with Crippen molar-refractivity contribution in [1.82, 2.24) is 0 Å². The molecule has 0 aromatic heterocycles. The van der Waals surface area contributed by atoms with E-state index in [1.807, 2.05) is 0 Å². The number of hydrogen-bond acceptors (Lipinski definition) is 2. The molecule has 0 atom stereocenters. The Bertz CT molecular complexity index is 2450. The fourth-order valence-electron chi connectivity index (χ4n) is 10.2. The molecule has 0 spiro atoms. The molecule has 2 heteroatoms. The van der Waals surface area contributed by atoms with Gasteiger partial charge in [0.1, 0.15) is 0 Å². The Labute approximate surface area is 334 Å². The first-order valence-electron chi connectivity index (χ1n) is 20.1. The average Bonchev–Trinajstić information content (AvgIpc) is 3.54. The van der Waals surface area contributed by atoms with Crippen LogP contribution in [0.15, 0.2) is 133 Å². The van der Waals surface area contributed by atoms with Gasteiger partial charge in [0, 0.05) is 45.0 Å². The molecule has 2 nitrogen and oxygen atoms in total. The standard InChI is InChI=1S/C54H52N2/c1-33-19-11-15-23-45(33)55(46-24-16-12-20-34(46)2)39-29-37(5)49-41-27-28-42-50-38(6)30-40(32-44(50)54(9,10)52(42)51(41)53(7,8)43(49)31-39)56(47-25-17-13-21-35(47)3)48-26-18-14-22-36(48)4/h11-32H,1-10H3. The van der Waals surface area contributed by atoms with Crippen LogP contribution in [0.4, 0.5) is 34.1 Å². The lowest BCUT2D eigenvalue weighted by Crippen LogP contribution is -2.24. The average molecular weight is 729 g/mol. The monoisotopic (exact) mass is 728 g/mol. The van der Waals surface area contributed by atoms with E-state index in [4.69, 9.17) is 0 Å². The SMILES string of the molecule is Cc1ccccc1N(c1cc(C)c2c(c1)C(C)(C)c1c-2ccc2c1C(C)(C)c1cc(N(c3ccccc3C)c3ccccc3C)cc(C)c1-2)c1ccccc1C. The summed E-state index contributed by atoms with van der Waals surface area (Å²) < 4.78 is 0.